The molecular formula is C18H19Cl2F2NO4S. The van der Waals surface area contributed by atoms with Gasteiger partial charge in [0.15, 0.2) is 21.3 Å². The zero-order valence-corrected chi connectivity index (χ0v) is 17.5. The lowest BCUT2D eigenvalue weighted by Crippen LogP contribution is -2.25. The number of halogens is 4. The van der Waals surface area contributed by atoms with Crippen LogP contribution in [0.15, 0.2) is 41.3 Å². The minimum Gasteiger partial charge on any atom is -0.493 e. The van der Waals surface area contributed by atoms with Crippen LogP contribution >= 0.6 is 23.2 Å². The van der Waals surface area contributed by atoms with Crippen molar-refractivity contribution in [2.75, 3.05) is 26.5 Å². The maximum atomic E-state index is 12.5. The summed E-state index contributed by atoms with van der Waals surface area (Å²) in [5.41, 5.74) is 0.664. The van der Waals surface area contributed by atoms with E-state index in [1.807, 2.05) is 0 Å². The highest BCUT2D eigenvalue weighted by Gasteiger charge is 2.20. The number of benzene rings is 2. The first kappa shape index (κ1) is 22.7. The van der Waals surface area contributed by atoms with Crippen LogP contribution in [0.3, 0.4) is 0 Å². The van der Waals surface area contributed by atoms with Crippen LogP contribution in [0.1, 0.15) is 5.56 Å². The van der Waals surface area contributed by atoms with Gasteiger partial charge in [-0.05, 0) is 42.9 Å². The summed E-state index contributed by atoms with van der Waals surface area (Å²) in [6, 6.07) is 8.90. The average molecular weight is 454 g/mol. The van der Waals surface area contributed by atoms with E-state index in [0.29, 0.717) is 12.1 Å². The fraction of sp³-hybridized carbons (Fsp3) is 0.333. The molecule has 0 N–H and O–H groups in total. The van der Waals surface area contributed by atoms with Crippen molar-refractivity contribution in [1.82, 2.24) is 4.90 Å². The molecule has 0 spiro atoms. The predicted octanol–water partition coefficient (Wildman–Crippen LogP) is 4.51. The summed E-state index contributed by atoms with van der Waals surface area (Å²) in [6.45, 7) is -2.46. The molecule has 0 aliphatic heterocycles. The number of methoxy groups -OCH3 is 1. The number of ether oxygens (including phenoxy) is 2. The second-order valence-corrected chi connectivity index (χ2v) is 8.92. The van der Waals surface area contributed by atoms with E-state index in [4.69, 9.17) is 27.9 Å². The largest absolute Gasteiger partial charge is 0.493 e. The molecule has 0 amide bonds. The number of hydrogen-bond acceptors (Lipinski definition) is 5. The van der Waals surface area contributed by atoms with Crippen molar-refractivity contribution in [3.8, 4) is 11.5 Å². The highest BCUT2D eigenvalue weighted by Crippen LogP contribution is 2.30. The minimum absolute atomic E-state index is 0.0212. The Morgan fingerprint density at radius 2 is 1.82 bits per heavy atom. The molecule has 0 bridgehead atoms. The number of rotatable bonds is 9. The van der Waals surface area contributed by atoms with Gasteiger partial charge >= 0.3 is 6.61 Å². The van der Waals surface area contributed by atoms with E-state index in [9.17, 15) is 17.2 Å². The molecule has 0 radical (unpaired) electrons. The third-order valence-corrected chi connectivity index (χ3v) is 6.27. The van der Waals surface area contributed by atoms with E-state index in [-0.39, 0.29) is 38.7 Å². The topological polar surface area (TPSA) is 55.8 Å². The van der Waals surface area contributed by atoms with E-state index in [0.717, 1.165) is 0 Å². The van der Waals surface area contributed by atoms with Crippen LogP contribution in [-0.4, -0.2) is 46.4 Å². The smallest absolute Gasteiger partial charge is 0.387 e. The standard InChI is InChI=1S/C18H19Cl2F2NO4S/c1-23(7-8-28(24,25)17-10-13(19)4-5-14(17)20)11-12-3-6-15(26-2)16(9-12)27-18(21)22/h3-6,9-10,18H,7-8,11H2,1-2H3. The molecule has 0 saturated heterocycles. The molecule has 10 heteroatoms. The van der Waals surface area contributed by atoms with Gasteiger partial charge in [0.25, 0.3) is 0 Å². The van der Waals surface area contributed by atoms with E-state index in [1.54, 1.807) is 18.0 Å². The fourth-order valence-electron chi connectivity index (χ4n) is 2.50. The van der Waals surface area contributed by atoms with Crippen LogP contribution in [-0.2, 0) is 16.4 Å². The molecule has 5 nitrogen and oxygen atoms in total. The number of sulfone groups is 1. The minimum atomic E-state index is -3.64. The molecule has 2 aromatic rings. The SMILES string of the molecule is COc1ccc(CN(C)CCS(=O)(=O)c2cc(Cl)ccc2Cl)cc1OC(F)F. The zero-order valence-electron chi connectivity index (χ0n) is 15.2. The highest BCUT2D eigenvalue weighted by atomic mass is 35.5. The van der Waals surface area contributed by atoms with Crippen LogP contribution in [0, 0.1) is 0 Å². The molecule has 28 heavy (non-hydrogen) atoms. The van der Waals surface area contributed by atoms with Gasteiger partial charge in [0.1, 0.15) is 0 Å². The lowest BCUT2D eigenvalue weighted by atomic mass is 10.2. The van der Waals surface area contributed by atoms with Gasteiger partial charge in [0.2, 0.25) is 0 Å². The third kappa shape index (κ3) is 6.20. The lowest BCUT2D eigenvalue weighted by Gasteiger charge is -2.18. The van der Waals surface area contributed by atoms with Gasteiger partial charge in [-0.3, -0.25) is 0 Å². The van der Waals surface area contributed by atoms with Crippen molar-refractivity contribution in [1.29, 1.82) is 0 Å². The Kier molecular flexibility index (Phi) is 7.88. The maximum Gasteiger partial charge on any atom is 0.387 e. The molecule has 0 saturated carbocycles. The fourth-order valence-corrected chi connectivity index (χ4v) is 4.65. The highest BCUT2D eigenvalue weighted by molar-refractivity contribution is 7.91. The van der Waals surface area contributed by atoms with Crippen LogP contribution in [0.5, 0.6) is 11.5 Å². The Labute approximate surface area is 172 Å². The summed E-state index contributed by atoms with van der Waals surface area (Å²) in [7, 11) is -0.570. The number of hydrogen-bond donors (Lipinski definition) is 0. The van der Waals surface area contributed by atoms with Crippen LogP contribution in [0.25, 0.3) is 0 Å². The van der Waals surface area contributed by atoms with Crippen molar-refractivity contribution in [3.63, 3.8) is 0 Å². The lowest BCUT2D eigenvalue weighted by molar-refractivity contribution is -0.0512. The first-order valence-corrected chi connectivity index (χ1v) is 10.5. The Morgan fingerprint density at radius 3 is 2.46 bits per heavy atom. The normalized spacial score (nSPS) is 11.9. The van der Waals surface area contributed by atoms with E-state index in [2.05, 4.69) is 4.74 Å². The molecule has 2 aromatic carbocycles. The number of nitrogens with zero attached hydrogens (tertiary/aromatic N) is 1. The molecule has 0 aliphatic rings. The first-order valence-electron chi connectivity index (χ1n) is 8.10. The van der Waals surface area contributed by atoms with Crippen LogP contribution in [0.2, 0.25) is 10.0 Å². The predicted molar refractivity (Wildman–Crippen MR) is 104 cm³/mol. The van der Waals surface area contributed by atoms with Crippen LogP contribution in [0.4, 0.5) is 8.78 Å². The summed E-state index contributed by atoms with van der Waals surface area (Å²) in [5.74, 6) is -0.0771. The maximum absolute atomic E-state index is 12.5. The van der Waals surface area contributed by atoms with Crippen molar-refractivity contribution < 1.29 is 26.7 Å². The second kappa shape index (κ2) is 9.73. The van der Waals surface area contributed by atoms with Gasteiger partial charge in [0.05, 0.1) is 22.8 Å². The van der Waals surface area contributed by atoms with Crippen molar-refractivity contribution in [2.24, 2.45) is 0 Å². The molecule has 0 aliphatic carbocycles. The summed E-state index contributed by atoms with van der Waals surface area (Å²) >= 11 is 11.8. The van der Waals surface area contributed by atoms with Gasteiger partial charge < -0.3 is 14.4 Å². The molecule has 154 valence electrons. The van der Waals surface area contributed by atoms with Gasteiger partial charge in [-0.2, -0.15) is 8.78 Å². The summed E-state index contributed by atoms with van der Waals surface area (Å²) in [4.78, 5) is 1.72. The zero-order chi connectivity index (χ0) is 20.9. The van der Waals surface area contributed by atoms with Gasteiger partial charge in [0, 0.05) is 18.1 Å². The van der Waals surface area contributed by atoms with Crippen molar-refractivity contribution in [2.45, 2.75) is 18.1 Å². The quantitative estimate of drug-likeness (QED) is 0.558. The Morgan fingerprint density at radius 1 is 1.11 bits per heavy atom. The molecule has 0 atom stereocenters. The Bertz CT molecular complexity index is 926. The summed E-state index contributed by atoms with van der Waals surface area (Å²) < 4.78 is 59.6. The van der Waals surface area contributed by atoms with Gasteiger partial charge in [-0.25, -0.2) is 8.42 Å². The van der Waals surface area contributed by atoms with E-state index < -0.39 is 16.4 Å². The molecule has 0 aromatic heterocycles. The van der Waals surface area contributed by atoms with Crippen molar-refractivity contribution >= 4 is 33.0 Å². The summed E-state index contributed by atoms with van der Waals surface area (Å²) in [6.07, 6.45) is 0. The van der Waals surface area contributed by atoms with Crippen LogP contribution < -0.4 is 9.47 Å². The molecule has 2 rings (SSSR count). The van der Waals surface area contributed by atoms with E-state index in [1.165, 1.54) is 37.4 Å². The monoisotopic (exact) mass is 453 g/mol. The third-order valence-electron chi connectivity index (χ3n) is 3.87. The Balaban J connectivity index is 2.06. The molecule has 0 heterocycles. The first-order chi connectivity index (χ1) is 13.1. The second-order valence-electron chi connectivity index (χ2n) is 6.00. The van der Waals surface area contributed by atoms with Crippen molar-refractivity contribution in [3.05, 3.63) is 52.0 Å². The average Bonchev–Trinajstić information content (AvgIpc) is 2.62. The Hall–Kier alpha value is -1.61. The van der Waals surface area contributed by atoms with Gasteiger partial charge in [-0.1, -0.05) is 29.3 Å². The van der Waals surface area contributed by atoms with E-state index >= 15 is 0 Å². The molecular weight excluding hydrogens is 435 g/mol. The summed E-state index contributed by atoms with van der Waals surface area (Å²) in [5, 5.41) is 0.386. The molecule has 0 unspecified atom stereocenters. The van der Waals surface area contributed by atoms with Gasteiger partial charge in [-0.15, -0.1) is 0 Å². The molecule has 0 fully saturated rings. The number of alkyl halides is 2.